The highest BCUT2D eigenvalue weighted by Crippen LogP contribution is 2.26. The van der Waals surface area contributed by atoms with E-state index < -0.39 is 11.9 Å². The molecule has 0 saturated heterocycles. The zero-order valence-corrected chi connectivity index (χ0v) is 16.0. The number of rotatable bonds is 7. The van der Waals surface area contributed by atoms with Crippen molar-refractivity contribution < 1.29 is 19.1 Å². The molecule has 1 amide bonds. The minimum atomic E-state index is -0.510. The monoisotopic (exact) mass is 392 g/mol. The Morgan fingerprint density at radius 1 is 1.00 bits per heavy atom. The van der Waals surface area contributed by atoms with E-state index >= 15 is 0 Å². The SMILES string of the molecule is CCOC(=O)c1ccccc1NC(=O)c1cc(Nc2ccccc2OC)ncn1. The molecule has 0 saturated carbocycles. The summed E-state index contributed by atoms with van der Waals surface area (Å²) in [4.78, 5) is 32.9. The zero-order chi connectivity index (χ0) is 20.6. The van der Waals surface area contributed by atoms with Gasteiger partial charge in [-0.2, -0.15) is 0 Å². The molecule has 0 bridgehead atoms. The Morgan fingerprint density at radius 2 is 1.72 bits per heavy atom. The van der Waals surface area contributed by atoms with E-state index in [-0.39, 0.29) is 17.9 Å². The van der Waals surface area contributed by atoms with Crippen molar-refractivity contribution in [1.82, 2.24) is 9.97 Å². The fourth-order valence-corrected chi connectivity index (χ4v) is 2.60. The number of anilines is 3. The van der Waals surface area contributed by atoms with Crippen molar-refractivity contribution in [3.05, 3.63) is 72.2 Å². The van der Waals surface area contributed by atoms with E-state index in [9.17, 15) is 9.59 Å². The molecule has 3 rings (SSSR count). The Balaban J connectivity index is 1.79. The molecule has 3 aromatic rings. The minimum absolute atomic E-state index is 0.135. The van der Waals surface area contributed by atoms with Crippen molar-refractivity contribution in [2.45, 2.75) is 6.92 Å². The number of ether oxygens (including phenoxy) is 2. The lowest BCUT2D eigenvalue weighted by Crippen LogP contribution is -2.17. The molecular formula is C21H20N4O4. The first-order valence-electron chi connectivity index (χ1n) is 8.92. The topological polar surface area (TPSA) is 102 Å². The highest BCUT2D eigenvalue weighted by atomic mass is 16.5. The van der Waals surface area contributed by atoms with Crippen LogP contribution in [0.1, 0.15) is 27.8 Å². The third-order valence-corrected chi connectivity index (χ3v) is 3.94. The van der Waals surface area contributed by atoms with E-state index in [0.29, 0.717) is 22.9 Å². The summed E-state index contributed by atoms with van der Waals surface area (Å²) in [6, 6.07) is 15.5. The van der Waals surface area contributed by atoms with Gasteiger partial charge in [0.2, 0.25) is 0 Å². The average molecular weight is 392 g/mol. The molecule has 148 valence electrons. The van der Waals surface area contributed by atoms with Gasteiger partial charge in [0, 0.05) is 6.07 Å². The maximum atomic E-state index is 12.7. The lowest BCUT2D eigenvalue weighted by atomic mass is 10.1. The normalized spacial score (nSPS) is 10.1. The zero-order valence-electron chi connectivity index (χ0n) is 16.0. The van der Waals surface area contributed by atoms with Gasteiger partial charge in [0.25, 0.3) is 5.91 Å². The van der Waals surface area contributed by atoms with Crippen LogP contribution in [-0.2, 0) is 4.74 Å². The Morgan fingerprint density at radius 3 is 2.48 bits per heavy atom. The van der Waals surface area contributed by atoms with Crippen LogP contribution >= 0.6 is 0 Å². The first kappa shape index (κ1) is 19.8. The van der Waals surface area contributed by atoms with Gasteiger partial charge >= 0.3 is 5.97 Å². The van der Waals surface area contributed by atoms with E-state index in [2.05, 4.69) is 20.6 Å². The maximum absolute atomic E-state index is 12.7. The summed E-state index contributed by atoms with van der Waals surface area (Å²) in [5.41, 5.74) is 1.45. The molecule has 0 aliphatic heterocycles. The van der Waals surface area contributed by atoms with Crippen LogP contribution in [0, 0.1) is 0 Å². The number of carbonyl (C=O) groups excluding carboxylic acids is 2. The Hall–Kier alpha value is -3.94. The number of esters is 1. The third kappa shape index (κ3) is 4.86. The van der Waals surface area contributed by atoms with Gasteiger partial charge in [0.1, 0.15) is 23.6 Å². The number of para-hydroxylation sites is 3. The van der Waals surface area contributed by atoms with Crippen molar-refractivity contribution in [3.8, 4) is 5.75 Å². The Bertz CT molecular complexity index is 1020. The van der Waals surface area contributed by atoms with Gasteiger partial charge < -0.3 is 20.1 Å². The molecule has 29 heavy (non-hydrogen) atoms. The lowest BCUT2D eigenvalue weighted by molar-refractivity contribution is 0.0527. The van der Waals surface area contributed by atoms with Crippen LogP contribution in [0.15, 0.2) is 60.9 Å². The third-order valence-electron chi connectivity index (χ3n) is 3.94. The lowest BCUT2D eigenvalue weighted by Gasteiger charge is -2.12. The summed E-state index contributed by atoms with van der Waals surface area (Å²) in [6.45, 7) is 1.96. The van der Waals surface area contributed by atoms with Crippen LogP contribution in [0.5, 0.6) is 5.75 Å². The predicted molar refractivity (Wildman–Crippen MR) is 109 cm³/mol. The molecule has 1 heterocycles. The molecule has 1 aromatic heterocycles. The molecular weight excluding hydrogens is 372 g/mol. The van der Waals surface area contributed by atoms with Gasteiger partial charge in [-0.15, -0.1) is 0 Å². The molecule has 0 unspecified atom stereocenters. The van der Waals surface area contributed by atoms with Crippen LogP contribution in [0.3, 0.4) is 0 Å². The van der Waals surface area contributed by atoms with E-state index in [1.807, 2.05) is 24.3 Å². The van der Waals surface area contributed by atoms with E-state index in [1.165, 1.54) is 12.4 Å². The van der Waals surface area contributed by atoms with E-state index in [0.717, 1.165) is 0 Å². The van der Waals surface area contributed by atoms with Gasteiger partial charge in [0.15, 0.2) is 0 Å². The first-order chi connectivity index (χ1) is 14.1. The van der Waals surface area contributed by atoms with Gasteiger partial charge in [-0.25, -0.2) is 14.8 Å². The van der Waals surface area contributed by atoms with Crippen molar-refractivity contribution in [2.75, 3.05) is 24.4 Å². The maximum Gasteiger partial charge on any atom is 0.340 e. The summed E-state index contributed by atoms with van der Waals surface area (Å²) in [6.07, 6.45) is 1.28. The number of aromatic nitrogens is 2. The molecule has 0 aliphatic carbocycles. The predicted octanol–water partition coefficient (Wildman–Crippen LogP) is 3.66. The molecule has 8 nitrogen and oxygen atoms in total. The van der Waals surface area contributed by atoms with Crippen molar-refractivity contribution >= 4 is 29.1 Å². The second-order valence-corrected chi connectivity index (χ2v) is 5.83. The van der Waals surface area contributed by atoms with Gasteiger partial charge in [0.05, 0.1) is 30.7 Å². The Kier molecular flexibility index (Phi) is 6.36. The van der Waals surface area contributed by atoms with Gasteiger partial charge in [-0.1, -0.05) is 24.3 Å². The Labute approximate surface area is 167 Å². The summed E-state index contributed by atoms with van der Waals surface area (Å²) in [5, 5.41) is 5.80. The second kappa shape index (κ2) is 9.32. The van der Waals surface area contributed by atoms with Crippen LogP contribution in [0.2, 0.25) is 0 Å². The average Bonchev–Trinajstić information content (AvgIpc) is 2.75. The largest absolute Gasteiger partial charge is 0.495 e. The molecule has 0 atom stereocenters. The van der Waals surface area contributed by atoms with E-state index in [4.69, 9.17) is 9.47 Å². The number of nitrogens with one attached hydrogen (secondary N) is 2. The fraction of sp³-hybridized carbons (Fsp3) is 0.143. The minimum Gasteiger partial charge on any atom is -0.495 e. The van der Waals surface area contributed by atoms with Crippen LogP contribution in [-0.4, -0.2) is 35.6 Å². The summed E-state index contributed by atoms with van der Waals surface area (Å²) < 4.78 is 10.3. The summed E-state index contributed by atoms with van der Waals surface area (Å²) in [5.74, 6) is 0.0747. The molecule has 0 aliphatic rings. The van der Waals surface area contributed by atoms with Gasteiger partial charge in [-0.05, 0) is 31.2 Å². The highest BCUT2D eigenvalue weighted by Gasteiger charge is 2.16. The van der Waals surface area contributed by atoms with Crippen molar-refractivity contribution in [1.29, 1.82) is 0 Å². The standard InChI is InChI=1S/C21H20N4O4/c1-3-29-21(27)14-8-4-5-9-15(14)25-20(26)17-12-19(23-13-22-17)24-16-10-6-7-11-18(16)28-2/h4-13H,3H2,1-2H3,(H,25,26)(H,22,23,24). The highest BCUT2D eigenvalue weighted by molar-refractivity contribution is 6.07. The number of amides is 1. The summed E-state index contributed by atoms with van der Waals surface area (Å²) in [7, 11) is 1.57. The summed E-state index contributed by atoms with van der Waals surface area (Å²) >= 11 is 0. The number of carbonyl (C=O) groups is 2. The molecule has 2 aromatic carbocycles. The number of hydrogen-bond acceptors (Lipinski definition) is 7. The van der Waals surface area contributed by atoms with Crippen LogP contribution < -0.4 is 15.4 Å². The van der Waals surface area contributed by atoms with Crippen molar-refractivity contribution in [3.63, 3.8) is 0 Å². The van der Waals surface area contributed by atoms with Crippen molar-refractivity contribution in [2.24, 2.45) is 0 Å². The number of hydrogen-bond donors (Lipinski definition) is 2. The van der Waals surface area contributed by atoms with Gasteiger partial charge in [-0.3, -0.25) is 4.79 Å². The number of methoxy groups -OCH3 is 1. The fourth-order valence-electron chi connectivity index (χ4n) is 2.60. The quantitative estimate of drug-likeness (QED) is 0.592. The molecule has 0 radical (unpaired) electrons. The van der Waals surface area contributed by atoms with Crippen LogP contribution in [0.4, 0.5) is 17.2 Å². The molecule has 8 heteroatoms. The molecule has 0 spiro atoms. The molecule has 2 N–H and O–H groups in total. The smallest absolute Gasteiger partial charge is 0.340 e. The van der Waals surface area contributed by atoms with E-state index in [1.54, 1.807) is 38.3 Å². The number of nitrogens with zero attached hydrogens (tertiary/aromatic N) is 2. The number of benzene rings is 2. The molecule has 0 fully saturated rings. The first-order valence-corrected chi connectivity index (χ1v) is 8.92. The second-order valence-electron chi connectivity index (χ2n) is 5.83. The van der Waals surface area contributed by atoms with Crippen LogP contribution in [0.25, 0.3) is 0 Å².